The van der Waals surface area contributed by atoms with Crippen LogP contribution in [0.1, 0.15) is 30.1 Å². The molecule has 0 saturated carbocycles. The molecule has 1 aliphatic rings. The first kappa shape index (κ1) is 9.07. The molecule has 1 unspecified atom stereocenters. The molecule has 1 aromatic carbocycles. The highest BCUT2D eigenvalue weighted by Crippen LogP contribution is 2.30. The van der Waals surface area contributed by atoms with Gasteiger partial charge in [-0.25, -0.2) is 0 Å². The van der Waals surface area contributed by atoms with Gasteiger partial charge in [0.15, 0.2) is 0 Å². The van der Waals surface area contributed by atoms with E-state index in [1.165, 1.54) is 11.1 Å². The van der Waals surface area contributed by atoms with Gasteiger partial charge in [0, 0.05) is 0 Å². The zero-order valence-electron chi connectivity index (χ0n) is 8.15. The highest BCUT2D eigenvalue weighted by molar-refractivity contribution is 5.55. The summed E-state index contributed by atoms with van der Waals surface area (Å²) >= 11 is 0. The summed E-state index contributed by atoms with van der Waals surface area (Å²) in [5, 5.41) is 0. The summed E-state index contributed by atoms with van der Waals surface area (Å²) in [4.78, 5) is 0. The molecule has 1 atom stereocenters. The quantitative estimate of drug-likeness (QED) is 0.654. The van der Waals surface area contributed by atoms with Gasteiger partial charge in [-0.3, -0.25) is 0 Å². The van der Waals surface area contributed by atoms with E-state index in [9.17, 15) is 0 Å². The fourth-order valence-electron chi connectivity index (χ4n) is 1.73. The predicted octanol–water partition coefficient (Wildman–Crippen LogP) is 3.69. The van der Waals surface area contributed by atoms with Crippen molar-refractivity contribution in [3.8, 4) is 0 Å². The number of ether oxygens (including phenoxy) is 1. The molecule has 1 aromatic rings. The van der Waals surface area contributed by atoms with E-state index in [1.807, 2.05) is 12.2 Å². The van der Waals surface area contributed by atoms with E-state index in [4.69, 9.17) is 4.74 Å². The molecule has 0 bridgehead atoms. The maximum atomic E-state index is 5.58. The van der Waals surface area contributed by atoms with Crippen molar-refractivity contribution in [2.45, 2.75) is 18.9 Å². The van der Waals surface area contributed by atoms with Crippen LogP contribution in [-0.2, 0) is 4.74 Å². The van der Waals surface area contributed by atoms with Gasteiger partial charge in [0.1, 0.15) is 6.10 Å². The Morgan fingerprint density at radius 1 is 1.36 bits per heavy atom. The number of allylic oxidation sites excluding steroid dienone is 1. The van der Waals surface area contributed by atoms with Gasteiger partial charge in [0.2, 0.25) is 0 Å². The molecule has 0 aromatic heterocycles. The molecule has 1 heteroatoms. The van der Waals surface area contributed by atoms with Gasteiger partial charge in [-0.05, 0) is 30.0 Å². The molecule has 0 saturated heterocycles. The lowest BCUT2D eigenvalue weighted by Crippen LogP contribution is -2.05. The molecule has 1 nitrogen and oxygen atoms in total. The Hall–Kier alpha value is -1.50. The Morgan fingerprint density at radius 3 is 3.07 bits per heavy atom. The minimum atomic E-state index is 0.203. The van der Waals surface area contributed by atoms with E-state index in [2.05, 4.69) is 30.8 Å². The van der Waals surface area contributed by atoms with Gasteiger partial charge in [-0.2, -0.15) is 0 Å². The van der Waals surface area contributed by atoms with Crippen molar-refractivity contribution in [2.75, 3.05) is 0 Å². The number of hydrogen-bond donors (Lipinski definition) is 0. The maximum Gasteiger partial charge on any atom is 0.124 e. The SMILES string of the molecule is C=CCCC1OC=Cc2ccccc21. The van der Waals surface area contributed by atoms with Crippen LogP contribution >= 0.6 is 0 Å². The fourth-order valence-corrected chi connectivity index (χ4v) is 1.73. The summed E-state index contributed by atoms with van der Waals surface area (Å²) < 4.78 is 5.58. The van der Waals surface area contributed by atoms with Crippen LogP contribution in [0, 0.1) is 0 Å². The second-order valence-electron chi connectivity index (χ2n) is 3.42. The van der Waals surface area contributed by atoms with Crippen molar-refractivity contribution < 1.29 is 4.74 Å². The van der Waals surface area contributed by atoms with Crippen molar-refractivity contribution in [1.29, 1.82) is 0 Å². The third kappa shape index (κ3) is 1.72. The lowest BCUT2D eigenvalue weighted by atomic mass is 9.97. The number of hydrogen-bond acceptors (Lipinski definition) is 1. The average Bonchev–Trinajstić information content (AvgIpc) is 2.26. The first-order valence-corrected chi connectivity index (χ1v) is 4.93. The monoisotopic (exact) mass is 186 g/mol. The Labute approximate surface area is 84.7 Å². The van der Waals surface area contributed by atoms with E-state index in [-0.39, 0.29) is 6.10 Å². The molecular weight excluding hydrogens is 172 g/mol. The van der Waals surface area contributed by atoms with E-state index in [0.29, 0.717) is 0 Å². The lowest BCUT2D eigenvalue weighted by molar-refractivity contribution is 0.136. The van der Waals surface area contributed by atoms with Crippen LogP contribution < -0.4 is 0 Å². The van der Waals surface area contributed by atoms with E-state index in [0.717, 1.165) is 12.8 Å². The minimum Gasteiger partial charge on any atom is -0.493 e. The van der Waals surface area contributed by atoms with Crippen LogP contribution in [0.2, 0.25) is 0 Å². The second-order valence-corrected chi connectivity index (χ2v) is 3.42. The zero-order valence-corrected chi connectivity index (χ0v) is 8.15. The van der Waals surface area contributed by atoms with Crippen molar-refractivity contribution >= 4 is 6.08 Å². The average molecular weight is 186 g/mol. The smallest absolute Gasteiger partial charge is 0.124 e. The Balaban J connectivity index is 2.22. The standard InChI is InChI=1S/C13H14O/c1-2-3-8-13-12-7-5-4-6-11(12)9-10-14-13/h2,4-7,9-10,13H,1,3,8H2. The highest BCUT2D eigenvalue weighted by atomic mass is 16.5. The van der Waals surface area contributed by atoms with Crippen molar-refractivity contribution in [3.63, 3.8) is 0 Å². The van der Waals surface area contributed by atoms with Crippen LogP contribution in [-0.4, -0.2) is 0 Å². The largest absolute Gasteiger partial charge is 0.493 e. The van der Waals surface area contributed by atoms with Crippen molar-refractivity contribution in [2.24, 2.45) is 0 Å². The molecule has 0 spiro atoms. The number of fused-ring (bicyclic) bond motifs is 1. The summed E-state index contributed by atoms with van der Waals surface area (Å²) in [5.74, 6) is 0. The van der Waals surface area contributed by atoms with Gasteiger partial charge < -0.3 is 4.74 Å². The normalized spacial score (nSPS) is 18.4. The molecule has 2 rings (SSSR count). The third-order valence-electron chi connectivity index (χ3n) is 2.47. The first-order chi connectivity index (χ1) is 6.92. The summed E-state index contributed by atoms with van der Waals surface area (Å²) in [6.45, 7) is 3.73. The van der Waals surface area contributed by atoms with Crippen molar-refractivity contribution in [1.82, 2.24) is 0 Å². The Kier molecular flexibility index (Phi) is 2.68. The van der Waals surface area contributed by atoms with Crippen LogP contribution in [0.5, 0.6) is 0 Å². The van der Waals surface area contributed by atoms with Gasteiger partial charge >= 0.3 is 0 Å². The van der Waals surface area contributed by atoms with E-state index >= 15 is 0 Å². The second kappa shape index (κ2) is 4.14. The maximum absolute atomic E-state index is 5.58. The van der Waals surface area contributed by atoms with Crippen LogP contribution in [0.4, 0.5) is 0 Å². The van der Waals surface area contributed by atoms with Gasteiger partial charge in [-0.15, -0.1) is 6.58 Å². The molecule has 1 heterocycles. The lowest BCUT2D eigenvalue weighted by Gasteiger charge is -2.22. The molecular formula is C13H14O. The molecule has 14 heavy (non-hydrogen) atoms. The Bertz CT molecular complexity index is 352. The topological polar surface area (TPSA) is 9.23 Å². The molecule has 1 aliphatic heterocycles. The van der Waals surface area contributed by atoms with E-state index in [1.54, 1.807) is 6.26 Å². The zero-order chi connectivity index (χ0) is 9.80. The molecule has 72 valence electrons. The van der Waals surface area contributed by atoms with E-state index < -0.39 is 0 Å². The van der Waals surface area contributed by atoms with Crippen LogP contribution in [0.15, 0.2) is 43.2 Å². The van der Waals surface area contributed by atoms with Gasteiger partial charge in [0.25, 0.3) is 0 Å². The van der Waals surface area contributed by atoms with Gasteiger partial charge in [0.05, 0.1) is 6.26 Å². The predicted molar refractivity (Wildman–Crippen MR) is 58.7 cm³/mol. The first-order valence-electron chi connectivity index (χ1n) is 4.93. The van der Waals surface area contributed by atoms with Crippen molar-refractivity contribution in [3.05, 3.63) is 54.3 Å². The minimum absolute atomic E-state index is 0.203. The molecule has 0 amide bonds. The number of benzene rings is 1. The number of rotatable bonds is 3. The third-order valence-corrected chi connectivity index (χ3v) is 2.47. The molecule has 0 fully saturated rings. The van der Waals surface area contributed by atoms with Crippen LogP contribution in [0.25, 0.3) is 6.08 Å². The summed E-state index contributed by atoms with van der Waals surface area (Å²) in [6, 6.07) is 8.36. The Morgan fingerprint density at radius 2 is 2.21 bits per heavy atom. The molecule has 0 aliphatic carbocycles. The van der Waals surface area contributed by atoms with Crippen LogP contribution in [0.3, 0.4) is 0 Å². The summed E-state index contributed by atoms with van der Waals surface area (Å²) in [7, 11) is 0. The van der Waals surface area contributed by atoms with Gasteiger partial charge in [-0.1, -0.05) is 30.3 Å². The molecule has 0 N–H and O–H groups in total. The molecule has 0 radical (unpaired) electrons. The summed E-state index contributed by atoms with van der Waals surface area (Å²) in [6.07, 6.45) is 7.94. The highest BCUT2D eigenvalue weighted by Gasteiger charge is 2.16. The summed E-state index contributed by atoms with van der Waals surface area (Å²) in [5.41, 5.74) is 2.56. The fraction of sp³-hybridized carbons (Fsp3) is 0.231.